The summed E-state index contributed by atoms with van der Waals surface area (Å²) in [6.45, 7) is 10.4. The standard InChI is InChI=1S/C19H30ClN3O2/c1-3-10-25-19-15(11-16(20)12-18(19)24-2)14-22-6-8-23(9-7-22)17-4-5-21-13-17/h11-12,17,21H,3-10,13-14H2,1-2H3/t17-/m1/s1. The van der Waals surface area contributed by atoms with Gasteiger partial charge in [0, 0.05) is 62.0 Å². The first-order chi connectivity index (χ1) is 12.2. The predicted octanol–water partition coefficient (Wildman–Crippen LogP) is 2.62. The highest BCUT2D eigenvalue weighted by atomic mass is 35.5. The zero-order valence-corrected chi connectivity index (χ0v) is 16.1. The number of ether oxygens (including phenoxy) is 2. The van der Waals surface area contributed by atoms with Gasteiger partial charge in [0.2, 0.25) is 0 Å². The number of rotatable bonds is 7. The molecule has 0 spiro atoms. The fourth-order valence-corrected chi connectivity index (χ4v) is 3.97. The minimum atomic E-state index is 0.688. The molecule has 1 aromatic rings. The van der Waals surface area contributed by atoms with Crippen molar-refractivity contribution in [2.45, 2.75) is 32.4 Å². The molecule has 2 saturated heterocycles. The fourth-order valence-electron chi connectivity index (χ4n) is 3.74. The van der Waals surface area contributed by atoms with Crippen molar-refractivity contribution in [3.05, 3.63) is 22.7 Å². The van der Waals surface area contributed by atoms with E-state index in [1.807, 2.05) is 12.1 Å². The van der Waals surface area contributed by atoms with Gasteiger partial charge in [-0.3, -0.25) is 9.80 Å². The highest BCUT2D eigenvalue weighted by molar-refractivity contribution is 6.30. The van der Waals surface area contributed by atoms with Crippen molar-refractivity contribution in [3.8, 4) is 11.5 Å². The first-order valence-electron chi connectivity index (χ1n) is 9.37. The second-order valence-electron chi connectivity index (χ2n) is 6.90. The van der Waals surface area contributed by atoms with Crippen LogP contribution in [0, 0.1) is 0 Å². The summed E-state index contributed by atoms with van der Waals surface area (Å²) in [4.78, 5) is 5.12. The Kier molecular flexibility index (Phi) is 6.82. The summed E-state index contributed by atoms with van der Waals surface area (Å²) in [6.07, 6.45) is 2.25. The second kappa shape index (κ2) is 9.08. The van der Waals surface area contributed by atoms with Crippen molar-refractivity contribution in [2.75, 3.05) is 53.0 Å². The summed E-state index contributed by atoms with van der Waals surface area (Å²) in [5.41, 5.74) is 1.12. The van der Waals surface area contributed by atoms with Crippen LogP contribution in [0.15, 0.2) is 12.1 Å². The van der Waals surface area contributed by atoms with Crippen LogP contribution in [0.1, 0.15) is 25.3 Å². The van der Waals surface area contributed by atoms with Crippen LogP contribution in [-0.2, 0) is 6.54 Å². The first kappa shape index (κ1) is 18.8. The van der Waals surface area contributed by atoms with E-state index in [1.165, 1.54) is 6.42 Å². The van der Waals surface area contributed by atoms with Crippen LogP contribution >= 0.6 is 11.6 Å². The third-order valence-electron chi connectivity index (χ3n) is 5.12. The Bertz CT molecular complexity index is 556. The topological polar surface area (TPSA) is 37.0 Å². The van der Waals surface area contributed by atoms with Crippen molar-refractivity contribution >= 4 is 11.6 Å². The summed E-state index contributed by atoms with van der Waals surface area (Å²) in [6, 6.07) is 4.57. The molecule has 1 N–H and O–H groups in total. The highest BCUT2D eigenvalue weighted by Crippen LogP contribution is 2.35. The van der Waals surface area contributed by atoms with Crippen molar-refractivity contribution in [1.82, 2.24) is 15.1 Å². The molecular formula is C19H30ClN3O2. The number of nitrogens with zero attached hydrogens (tertiary/aromatic N) is 2. The molecule has 2 fully saturated rings. The van der Waals surface area contributed by atoms with Gasteiger partial charge >= 0.3 is 0 Å². The number of benzene rings is 1. The summed E-state index contributed by atoms with van der Waals surface area (Å²) in [5.74, 6) is 1.57. The molecule has 2 aliphatic heterocycles. The smallest absolute Gasteiger partial charge is 0.165 e. The van der Waals surface area contributed by atoms with Crippen molar-refractivity contribution in [2.24, 2.45) is 0 Å². The van der Waals surface area contributed by atoms with Gasteiger partial charge < -0.3 is 14.8 Å². The molecule has 0 saturated carbocycles. The minimum absolute atomic E-state index is 0.688. The van der Waals surface area contributed by atoms with Crippen LogP contribution in [0.4, 0.5) is 0 Å². The molecule has 2 heterocycles. The Balaban J connectivity index is 1.64. The molecule has 0 radical (unpaired) electrons. The number of halogens is 1. The zero-order valence-electron chi connectivity index (χ0n) is 15.4. The summed E-state index contributed by atoms with van der Waals surface area (Å²) in [5, 5.41) is 4.17. The van der Waals surface area contributed by atoms with Crippen molar-refractivity contribution in [1.29, 1.82) is 0 Å². The maximum absolute atomic E-state index is 6.29. The van der Waals surface area contributed by atoms with Gasteiger partial charge in [0.1, 0.15) is 0 Å². The van der Waals surface area contributed by atoms with Crippen LogP contribution < -0.4 is 14.8 Å². The Labute approximate surface area is 156 Å². The second-order valence-corrected chi connectivity index (χ2v) is 7.34. The molecule has 0 aromatic heterocycles. The van der Waals surface area contributed by atoms with Gasteiger partial charge in [-0.05, 0) is 25.5 Å². The van der Waals surface area contributed by atoms with E-state index in [2.05, 4.69) is 22.0 Å². The van der Waals surface area contributed by atoms with Crippen LogP contribution in [0.25, 0.3) is 0 Å². The molecule has 1 aromatic carbocycles. The van der Waals surface area contributed by atoms with Gasteiger partial charge in [-0.2, -0.15) is 0 Å². The van der Waals surface area contributed by atoms with Gasteiger partial charge in [-0.15, -0.1) is 0 Å². The maximum atomic E-state index is 6.29. The monoisotopic (exact) mass is 367 g/mol. The van der Waals surface area contributed by atoms with E-state index in [4.69, 9.17) is 21.1 Å². The van der Waals surface area contributed by atoms with E-state index in [9.17, 15) is 0 Å². The third-order valence-corrected chi connectivity index (χ3v) is 5.34. The van der Waals surface area contributed by atoms with E-state index in [-0.39, 0.29) is 0 Å². The molecule has 0 bridgehead atoms. The van der Waals surface area contributed by atoms with E-state index in [0.29, 0.717) is 11.6 Å². The largest absolute Gasteiger partial charge is 0.493 e. The van der Waals surface area contributed by atoms with Gasteiger partial charge in [0.25, 0.3) is 0 Å². The maximum Gasteiger partial charge on any atom is 0.165 e. The van der Waals surface area contributed by atoms with Gasteiger partial charge in [0.15, 0.2) is 11.5 Å². The SMILES string of the molecule is CCCOc1c(CN2CCN([C@@H]3CCNC3)CC2)cc(Cl)cc1OC. The average Bonchev–Trinajstić information content (AvgIpc) is 3.15. The molecule has 0 amide bonds. The Morgan fingerprint density at radius 1 is 1.24 bits per heavy atom. The van der Waals surface area contributed by atoms with Crippen molar-refractivity contribution in [3.63, 3.8) is 0 Å². The van der Waals surface area contributed by atoms with E-state index in [1.54, 1.807) is 7.11 Å². The fraction of sp³-hybridized carbons (Fsp3) is 0.684. The summed E-state index contributed by atoms with van der Waals surface area (Å²) in [7, 11) is 1.67. The van der Waals surface area contributed by atoms with Crippen molar-refractivity contribution < 1.29 is 9.47 Å². The van der Waals surface area contributed by atoms with E-state index < -0.39 is 0 Å². The predicted molar refractivity (Wildman–Crippen MR) is 102 cm³/mol. The summed E-state index contributed by atoms with van der Waals surface area (Å²) >= 11 is 6.29. The molecule has 6 heteroatoms. The lowest BCUT2D eigenvalue weighted by Gasteiger charge is -2.38. The minimum Gasteiger partial charge on any atom is -0.493 e. The molecule has 140 valence electrons. The van der Waals surface area contributed by atoms with Crippen LogP contribution in [0.5, 0.6) is 11.5 Å². The van der Waals surface area contributed by atoms with Gasteiger partial charge in [0.05, 0.1) is 13.7 Å². The zero-order chi connectivity index (χ0) is 17.6. The van der Waals surface area contributed by atoms with E-state index >= 15 is 0 Å². The average molecular weight is 368 g/mol. The lowest BCUT2D eigenvalue weighted by Crippen LogP contribution is -2.50. The quantitative estimate of drug-likeness (QED) is 0.801. The normalized spacial score (nSPS) is 22.3. The number of piperazine rings is 1. The summed E-state index contributed by atoms with van der Waals surface area (Å²) < 4.78 is 11.5. The van der Waals surface area contributed by atoms with Gasteiger partial charge in [-0.25, -0.2) is 0 Å². The highest BCUT2D eigenvalue weighted by Gasteiger charge is 2.26. The lowest BCUT2D eigenvalue weighted by molar-refractivity contribution is 0.0973. The van der Waals surface area contributed by atoms with Crippen LogP contribution in [-0.4, -0.2) is 68.8 Å². The first-order valence-corrected chi connectivity index (χ1v) is 9.75. The molecule has 25 heavy (non-hydrogen) atoms. The van der Waals surface area contributed by atoms with Gasteiger partial charge in [-0.1, -0.05) is 18.5 Å². The van der Waals surface area contributed by atoms with Crippen LogP contribution in [0.2, 0.25) is 5.02 Å². The molecule has 3 rings (SSSR count). The molecule has 5 nitrogen and oxygen atoms in total. The Morgan fingerprint density at radius 3 is 2.68 bits per heavy atom. The Morgan fingerprint density at radius 2 is 2.04 bits per heavy atom. The molecule has 0 unspecified atom stereocenters. The Hall–Kier alpha value is -1.01. The number of hydrogen-bond donors (Lipinski definition) is 1. The molecular weight excluding hydrogens is 338 g/mol. The number of methoxy groups -OCH3 is 1. The molecule has 0 aliphatic carbocycles. The molecule has 1 atom stereocenters. The van der Waals surface area contributed by atoms with Crippen LogP contribution in [0.3, 0.4) is 0 Å². The molecule has 2 aliphatic rings. The lowest BCUT2D eigenvalue weighted by atomic mass is 10.1. The van der Waals surface area contributed by atoms with E-state index in [0.717, 1.165) is 75.3 Å². The third kappa shape index (κ3) is 4.79. The number of hydrogen-bond acceptors (Lipinski definition) is 5. The number of nitrogens with one attached hydrogen (secondary N) is 1.